The molecule has 0 atom stereocenters. The molecule has 0 unspecified atom stereocenters. The van der Waals surface area contributed by atoms with Gasteiger partial charge < -0.3 is 9.84 Å². The number of aromatic nitrogens is 3. The summed E-state index contributed by atoms with van der Waals surface area (Å²) in [5.74, 6) is -0.794. The summed E-state index contributed by atoms with van der Waals surface area (Å²) in [7, 11) is 1.73. The first-order valence-electron chi connectivity index (χ1n) is 5.07. The lowest BCUT2D eigenvalue weighted by atomic mass is 10.2. The predicted molar refractivity (Wildman–Crippen MR) is 64.6 cm³/mol. The Bertz CT molecular complexity index is 583. The van der Waals surface area contributed by atoms with Gasteiger partial charge in [0.05, 0.1) is 5.69 Å². The van der Waals surface area contributed by atoms with Gasteiger partial charge in [-0.15, -0.1) is 5.10 Å². The Kier molecular flexibility index (Phi) is 3.47. The van der Waals surface area contributed by atoms with Crippen LogP contribution >= 0.6 is 11.6 Å². The molecule has 2 aromatic rings. The molecule has 18 heavy (non-hydrogen) atoms. The van der Waals surface area contributed by atoms with Crippen LogP contribution in [0.4, 0.5) is 0 Å². The number of hydrogen-bond donors (Lipinski definition) is 1. The SMILES string of the molecule is Cn1nc(OCC(=O)O)cc1-c1ccnc(Cl)c1. The molecular weight excluding hydrogens is 258 g/mol. The lowest BCUT2D eigenvalue weighted by Gasteiger charge is -2.00. The lowest BCUT2D eigenvalue weighted by Crippen LogP contribution is -2.09. The van der Waals surface area contributed by atoms with Crippen molar-refractivity contribution in [3.05, 3.63) is 29.5 Å². The van der Waals surface area contributed by atoms with Crippen LogP contribution < -0.4 is 4.74 Å². The summed E-state index contributed by atoms with van der Waals surface area (Å²) in [6.07, 6.45) is 1.59. The number of aryl methyl sites for hydroxylation is 1. The van der Waals surface area contributed by atoms with Crippen molar-refractivity contribution in [2.45, 2.75) is 0 Å². The first kappa shape index (κ1) is 12.4. The Hall–Kier alpha value is -2.08. The molecule has 0 saturated carbocycles. The molecule has 7 heteroatoms. The second-order valence-corrected chi connectivity index (χ2v) is 3.93. The fraction of sp³-hybridized carbons (Fsp3) is 0.182. The maximum absolute atomic E-state index is 10.4. The van der Waals surface area contributed by atoms with Crippen LogP contribution in [0.1, 0.15) is 0 Å². The summed E-state index contributed by atoms with van der Waals surface area (Å²) in [4.78, 5) is 14.3. The third-order valence-corrected chi connectivity index (χ3v) is 2.43. The number of rotatable bonds is 4. The van der Waals surface area contributed by atoms with Crippen molar-refractivity contribution >= 4 is 17.6 Å². The minimum atomic E-state index is -1.05. The third kappa shape index (κ3) is 2.78. The minimum Gasteiger partial charge on any atom is -0.479 e. The molecule has 2 rings (SSSR count). The quantitative estimate of drug-likeness (QED) is 0.852. The first-order valence-corrected chi connectivity index (χ1v) is 5.44. The van der Waals surface area contributed by atoms with E-state index in [9.17, 15) is 4.79 Å². The average molecular weight is 268 g/mol. The topological polar surface area (TPSA) is 77.2 Å². The zero-order valence-electron chi connectivity index (χ0n) is 9.50. The summed E-state index contributed by atoms with van der Waals surface area (Å²) in [6, 6.07) is 5.12. The predicted octanol–water partition coefficient (Wildman–Crippen LogP) is 1.60. The van der Waals surface area contributed by atoms with Gasteiger partial charge in [0.15, 0.2) is 6.61 Å². The van der Waals surface area contributed by atoms with E-state index in [4.69, 9.17) is 21.4 Å². The van der Waals surface area contributed by atoms with E-state index >= 15 is 0 Å². The second kappa shape index (κ2) is 5.05. The van der Waals surface area contributed by atoms with E-state index in [0.717, 1.165) is 11.3 Å². The maximum atomic E-state index is 10.4. The Morgan fingerprint density at radius 1 is 1.56 bits per heavy atom. The molecule has 0 aliphatic rings. The van der Waals surface area contributed by atoms with E-state index < -0.39 is 12.6 Å². The van der Waals surface area contributed by atoms with Crippen LogP contribution in [0.2, 0.25) is 5.15 Å². The van der Waals surface area contributed by atoms with E-state index in [1.165, 1.54) is 0 Å². The number of nitrogens with zero attached hydrogens (tertiary/aromatic N) is 3. The van der Waals surface area contributed by atoms with Crippen molar-refractivity contribution < 1.29 is 14.6 Å². The van der Waals surface area contributed by atoms with Crippen LogP contribution in [0.25, 0.3) is 11.3 Å². The van der Waals surface area contributed by atoms with Crippen LogP contribution in [0.3, 0.4) is 0 Å². The zero-order valence-corrected chi connectivity index (χ0v) is 10.3. The molecule has 6 nitrogen and oxygen atoms in total. The molecular formula is C11H10ClN3O3. The molecule has 0 fully saturated rings. The van der Waals surface area contributed by atoms with Gasteiger partial charge in [0.2, 0.25) is 5.88 Å². The van der Waals surface area contributed by atoms with Crippen LogP contribution in [0.15, 0.2) is 24.4 Å². The molecule has 1 N–H and O–H groups in total. The normalized spacial score (nSPS) is 10.3. The highest BCUT2D eigenvalue weighted by Crippen LogP contribution is 2.24. The summed E-state index contributed by atoms with van der Waals surface area (Å²) in [5.41, 5.74) is 1.59. The molecule has 94 valence electrons. The molecule has 2 heterocycles. The van der Waals surface area contributed by atoms with E-state index in [1.54, 1.807) is 36.1 Å². The van der Waals surface area contributed by atoms with Gasteiger partial charge >= 0.3 is 5.97 Å². The standard InChI is InChI=1S/C11H10ClN3O3/c1-15-8(7-2-3-13-9(12)4-7)5-10(14-15)18-6-11(16)17/h2-5H,6H2,1H3,(H,16,17). The monoisotopic (exact) mass is 267 g/mol. The van der Waals surface area contributed by atoms with Crippen LogP contribution in [0, 0.1) is 0 Å². The molecule has 0 aliphatic carbocycles. The van der Waals surface area contributed by atoms with Gasteiger partial charge in [-0.3, -0.25) is 4.68 Å². The number of carboxylic acids is 1. The van der Waals surface area contributed by atoms with Gasteiger partial charge in [-0.1, -0.05) is 11.6 Å². The summed E-state index contributed by atoms with van der Waals surface area (Å²) < 4.78 is 6.59. The van der Waals surface area contributed by atoms with Crippen LogP contribution in [0.5, 0.6) is 5.88 Å². The largest absolute Gasteiger partial charge is 0.479 e. The smallest absolute Gasteiger partial charge is 0.341 e. The maximum Gasteiger partial charge on any atom is 0.341 e. The molecule has 0 aliphatic heterocycles. The molecule has 0 amide bonds. The Balaban J connectivity index is 2.26. The number of carbonyl (C=O) groups is 1. The van der Waals surface area contributed by atoms with Gasteiger partial charge in [-0.05, 0) is 12.1 Å². The number of carboxylic acid groups (broad SMARTS) is 1. The lowest BCUT2D eigenvalue weighted by molar-refractivity contribution is -0.139. The number of hydrogen-bond acceptors (Lipinski definition) is 4. The van der Waals surface area contributed by atoms with Crippen molar-refractivity contribution in [3.8, 4) is 17.1 Å². The van der Waals surface area contributed by atoms with E-state index in [2.05, 4.69) is 10.1 Å². The molecule has 0 bridgehead atoms. The summed E-state index contributed by atoms with van der Waals surface area (Å²) >= 11 is 5.81. The van der Waals surface area contributed by atoms with Crippen molar-refractivity contribution in [3.63, 3.8) is 0 Å². The summed E-state index contributed by atoms with van der Waals surface area (Å²) in [5, 5.41) is 13.0. The van der Waals surface area contributed by atoms with Gasteiger partial charge in [0.1, 0.15) is 5.15 Å². The third-order valence-electron chi connectivity index (χ3n) is 2.22. The molecule has 0 saturated heterocycles. The van der Waals surface area contributed by atoms with Gasteiger partial charge in [0, 0.05) is 24.9 Å². The average Bonchev–Trinajstić information content (AvgIpc) is 2.68. The fourth-order valence-corrected chi connectivity index (χ4v) is 1.65. The Morgan fingerprint density at radius 2 is 2.33 bits per heavy atom. The van der Waals surface area contributed by atoms with E-state index in [1.807, 2.05) is 0 Å². The molecule has 0 aromatic carbocycles. The molecule has 0 spiro atoms. The van der Waals surface area contributed by atoms with Gasteiger partial charge in [-0.25, -0.2) is 9.78 Å². The highest BCUT2D eigenvalue weighted by atomic mass is 35.5. The van der Waals surface area contributed by atoms with Crippen molar-refractivity contribution in [1.29, 1.82) is 0 Å². The van der Waals surface area contributed by atoms with Crippen LogP contribution in [-0.2, 0) is 11.8 Å². The van der Waals surface area contributed by atoms with E-state index in [-0.39, 0.29) is 5.88 Å². The van der Waals surface area contributed by atoms with Crippen molar-refractivity contribution in [2.75, 3.05) is 6.61 Å². The van der Waals surface area contributed by atoms with Crippen LogP contribution in [-0.4, -0.2) is 32.4 Å². The van der Waals surface area contributed by atoms with Gasteiger partial charge in [0.25, 0.3) is 0 Å². The fourth-order valence-electron chi connectivity index (χ4n) is 1.48. The van der Waals surface area contributed by atoms with Crippen molar-refractivity contribution in [1.82, 2.24) is 14.8 Å². The molecule has 2 aromatic heterocycles. The Labute approximate surface area is 108 Å². The highest BCUT2D eigenvalue weighted by molar-refractivity contribution is 6.29. The van der Waals surface area contributed by atoms with E-state index in [0.29, 0.717) is 5.15 Å². The first-order chi connectivity index (χ1) is 8.56. The number of aliphatic carboxylic acids is 1. The minimum absolute atomic E-state index is 0.253. The summed E-state index contributed by atoms with van der Waals surface area (Å²) in [6.45, 7) is -0.423. The number of ether oxygens (including phenoxy) is 1. The Morgan fingerprint density at radius 3 is 3.00 bits per heavy atom. The zero-order chi connectivity index (χ0) is 13.1. The second-order valence-electron chi connectivity index (χ2n) is 3.54. The highest BCUT2D eigenvalue weighted by Gasteiger charge is 2.10. The number of halogens is 1. The number of pyridine rings is 1. The molecule has 0 radical (unpaired) electrons. The van der Waals surface area contributed by atoms with Gasteiger partial charge in [-0.2, -0.15) is 0 Å². The van der Waals surface area contributed by atoms with Crippen molar-refractivity contribution in [2.24, 2.45) is 7.05 Å².